The van der Waals surface area contributed by atoms with E-state index in [1.165, 1.54) is 0 Å². The number of hydrazone groups is 1. The lowest BCUT2D eigenvalue weighted by Gasteiger charge is -2.34. The highest BCUT2D eigenvalue weighted by Gasteiger charge is 2.34. The van der Waals surface area contributed by atoms with Crippen molar-refractivity contribution in [1.29, 1.82) is 0 Å². The van der Waals surface area contributed by atoms with Crippen LogP contribution in [0.25, 0.3) is 5.70 Å². The molecule has 0 fully saturated rings. The maximum Gasteiger partial charge on any atom is 0.276 e. The molecule has 4 rings (SSSR count). The van der Waals surface area contributed by atoms with Gasteiger partial charge >= 0.3 is 0 Å². The molecule has 28 heavy (non-hydrogen) atoms. The number of hydrogen-bond acceptors (Lipinski definition) is 6. The van der Waals surface area contributed by atoms with Gasteiger partial charge in [0.15, 0.2) is 11.3 Å². The minimum absolute atomic E-state index is 0.160. The predicted octanol–water partition coefficient (Wildman–Crippen LogP) is 2.46. The lowest BCUT2D eigenvalue weighted by atomic mass is 10.1. The van der Waals surface area contributed by atoms with E-state index in [2.05, 4.69) is 12.2 Å². The van der Waals surface area contributed by atoms with Gasteiger partial charge in [0.25, 0.3) is 5.91 Å². The van der Waals surface area contributed by atoms with Gasteiger partial charge in [-0.15, -0.1) is 5.10 Å². The van der Waals surface area contributed by atoms with Gasteiger partial charge in [-0.05, 0) is 24.6 Å². The Morgan fingerprint density at radius 3 is 2.86 bits per heavy atom. The van der Waals surface area contributed by atoms with Crippen LogP contribution in [0.5, 0.6) is 5.75 Å². The van der Waals surface area contributed by atoms with E-state index in [4.69, 9.17) is 10.1 Å². The zero-order valence-electron chi connectivity index (χ0n) is 15.6. The summed E-state index contributed by atoms with van der Waals surface area (Å²) in [5, 5.41) is 21.3. The first-order valence-electron chi connectivity index (χ1n) is 9.45. The van der Waals surface area contributed by atoms with Gasteiger partial charge in [-0.2, -0.15) is 0 Å². The van der Waals surface area contributed by atoms with Crippen LogP contribution in [0.2, 0.25) is 0 Å². The SMILES string of the molecule is CCCCCSC1=NN2C(=c3ccccc3=NC2c2cccc(O)c2)C(=O)N1. The van der Waals surface area contributed by atoms with Gasteiger partial charge in [-0.3, -0.25) is 15.1 Å². The number of amidine groups is 1. The van der Waals surface area contributed by atoms with Gasteiger partial charge in [0, 0.05) is 16.5 Å². The summed E-state index contributed by atoms with van der Waals surface area (Å²) in [6.45, 7) is 2.17. The first-order valence-corrected chi connectivity index (χ1v) is 10.4. The second-order valence-corrected chi connectivity index (χ2v) is 7.81. The number of para-hydroxylation sites is 1. The van der Waals surface area contributed by atoms with E-state index in [0.29, 0.717) is 10.9 Å². The average molecular weight is 395 g/mol. The lowest BCUT2D eigenvalue weighted by Crippen LogP contribution is -2.50. The van der Waals surface area contributed by atoms with Crippen molar-refractivity contribution in [2.24, 2.45) is 10.1 Å². The third kappa shape index (κ3) is 3.62. The van der Waals surface area contributed by atoms with E-state index in [1.54, 1.807) is 35.0 Å². The number of benzene rings is 2. The molecular formula is C21H22N4O2S. The molecule has 1 amide bonds. The minimum Gasteiger partial charge on any atom is -0.508 e. The Kier molecular flexibility index (Phi) is 5.34. The molecule has 144 valence electrons. The Balaban J connectivity index is 1.78. The Bertz CT molecular complexity index is 1050. The van der Waals surface area contributed by atoms with Crippen molar-refractivity contribution in [1.82, 2.24) is 10.3 Å². The molecule has 0 aromatic heterocycles. The second-order valence-electron chi connectivity index (χ2n) is 6.72. The van der Waals surface area contributed by atoms with Crippen LogP contribution in [0.15, 0.2) is 58.6 Å². The monoisotopic (exact) mass is 394 g/mol. The number of carbonyl (C=O) groups excluding carboxylic acids is 1. The molecule has 1 unspecified atom stereocenters. The maximum absolute atomic E-state index is 13.0. The van der Waals surface area contributed by atoms with E-state index in [9.17, 15) is 9.90 Å². The quantitative estimate of drug-likeness (QED) is 0.764. The smallest absolute Gasteiger partial charge is 0.276 e. The third-order valence-electron chi connectivity index (χ3n) is 4.67. The summed E-state index contributed by atoms with van der Waals surface area (Å²) >= 11 is 1.55. The van der Waals surface area contributed by atoms with Crippen LogP contribution in [0.3, 0.4) is 0 Å². The highest BCUT2D eigenvalue weighted by Crippen LogP contribution is 2.32. The van der Waals surface area contributed by atoms with Gasteiger partial charge in [0.2, 0.25) is 0 Å². The summed E-state index contributed by atoms with van der Waals surface area (Å²) in [7, 11) is 0. The Morgan fingerprint density at radius 1 is 1.18 bits per heavy atom. The molecule has 2 aliphatic heterocycles. The fraction of sp³-hybridized carbons (Fsp3) is 0.286. The molecule has 2 aromatic rings. The van der Waals surface area contributed by atoms with E-state index in [1.807, 2.05) is 30.3 Å². The van der Waals surface area contributed by atoms with E-state index in [-0.39, 0.29) is 11.7 Å². The number of carbonyl (C=O) groups is 1. The van der Waals surface area contributed by atoms with Crippen LogP contribution in [0.4, 0.5) is 0 Å². The van der Waals surface area contributed by atoms with Crippen molar-refractivity contribution in [2.45, 2.75) is 32.4 Å². The molecule has 1 atom stereocenters. The molecule has 7 heteroatoms. The minimum atomic E-state index is -0.505. The normalized spacial score (nSPS) is 18.0. The number of phenolic OH excluding ortho intramolecular Hbond substituents is 1. The Hall–Kier alpha value is -2.80. The fourth-order valence-corrected chi connectivity index (χ4v) is 4.17. The van der Waals surface area contributed by atoms with Crippen LogP contribution in [-0.4, -0.2) is 26.9 Å². The number of unbranched alkanes of at least 4 members (excludes halogenated alkanes) is 2. The Morgan fingerprint density at radius 2 is 2.04 bits per heavy atom. The molecule has 2 heterocycles. The number of rotatable bonds is 5. The number of fused-ring (bicyclic) bond motifs is 2. The summed E-state index contributed by atoms with van der Waals surface area (Å²) in [6.07, 6.45) is 2.88. The van der Waals surface area contributed by atoms with E-state index >= 15 is 0 Å². The number of nitrogens with one attached hydrogen (secondary N) is 1. The molecule has 0 spiro atoms. The topological polar surface area (TPSA) is 77.3 Å². The molecule has 6 nitrogen and oxygen atoms in total. The summed E-state index contributed by atoms with van der Waals surface area (Å²) in [5.41, 5.74) is 1.26. The molecule has 0 radical (unpaired) electrons. The van der Waals surface area contributed by atoms with Crippen molar-refractivity contribution in [3.63, 3.8) is 0 Å². The van der Waals surface area contributed by atoms with Gasteiger partial charge in [0.05, 0.1) is 5.36 Å². The van der Waals surface area contributed by atoms with Gasteiger partial charge < -0.3 is 5.11 Å². The number of thioether (sulfide) groups is 1. The van der Waals surface area contributed by atoms with Crippen LogP contribution < -0.4 is 15.9 Å². The fourth-order valence-electron chi connectivity index (χ4n) is 3.32. The summed E-state index contributed by atoms with van der Waals surface area (Å²) < 4.78 is 0. The molecule has 0 aliphatic carbocycles. The molecule has 0 bridgehead atoms. The number of aromatic hydroxyl groups is 1. The van der Waals surface area contributed by atoms with E-state index < -0.39 is 6.17 Å². The molecule has 2 aliphatic rings. The second kappa shape index (κ2) is 8.06. The van der Waals surface area contributed by atoms with Crippen molar-refractivity contribution in [3.8, 4) is 5.75 Å². The maximum atomic E-state index is 13.0. The van der Waals surface area contributed by atoms with E-state index in [0.717, 1.165) is 41.2 Å². The van der Waals surface area contributed by atoms with Crippen molar-refractivity contribution >= 4 is 28.5 Å². The van der Waals surface area contributed by atoms with Crippen molar-refractivity contribution in [2.75, 3.05) is 5.75 Å². The van der Waals surface area contributed by atoms with Crippen molar-refractivity contribution < 1.29 is 9.90 Å². The third-order valence-corrected chi connectivity index (χ3v) is 5.62. The molecule has 0 saturated carbocycles. The highest BCUT2D eigenvalue weighted by molar-refractivity contribution is 8.13. The van der Waals surface area contributed by atoms with Gasteiger partial charge in [0.1, 0.15) is 11.4 Å². The molecular weight excluding hydrogens is 372 g/mol. The molecule has 2 aromatic carbocycles. The van der Waals surface area contributed by atoms with Crippen LogP contribution in [0.1, 0.15) is 37.9 Å². The highest BCUT2D eigenvalue weighted by atomic mass is 32.2. The first kappa shape index (κ1) is 18.6. The molecule has 2 N–H and O–H groups in total. The summed E-state index contributed by atoms with van der Waals surface area (Å²) in [6, 6.07) is 14.5. The van der Waals surface area contributed by atoms with Crippen LogP contribution in [-0.2, 0) is 4.79 Å². The standard InChI is InChI=1S/C21H22N4O2S/c1-2-3-6-12-28-21-23-20(27)18-16-10-4-5-11-17(16)22-19(25(18)24-21)14-8-7-9-15(26)13-14/h4-5,7-11,13,19,26H,2-3,6,12H2,1H3,(H,23,24,27). The van der Waals surface area contributed by atoms with Gasteiger partial charge in [-0.25, -0.2) is 5.01 Å². The summed E-state index contributed by atoms with van der Waals surface area (Å²) in [4.78, 5) is 17.8. The Labute approximate surface area is 167 Å². The number of hydrogen-bond donors (Lipinski definition) is 2. The van der Waals surface area contributed by atoms with Crippen molar-refractivity contribution in [3.05, 3.63) is 64.7 Å². The largest absolute Gasteiger partial charge is 0.508 e. The zero-order chi connectivity index (χ0) is 19.5. The van der Waals surface area contributed by atoms with Gasteiger partial charge in [-0.1, -0.05) is 61.9 Å². The van der Waals surface area contributed by atoms with Crippen LogP contribution in [0, 0.1) is 0 Å². The number of nitrogens with zero attached hydrogens (tertiary/aromatic N) is 3. The zero-order valence-corrected chi connectivity index (χ0v) is 16.4. The average Bonchev–Trinajstić information content (AvgIpc) is 2.70. The van der Waals surface area contributed by atoms with Crippen LogP contribution >= 0.6 is 11.8 Å². The molecule has 0 saturated heterocycles. The number of amides is 1. The summed E-state index contributed by atoms with van der Waals surface area (Å²) in [5.74, 6) is 0.883. The lowest BCUT2D eigenvalue weighted by molar-refractivity contribution is -0.116. The number of phenols is 1. The predicted molar refractivity (Wildman–Crippen MR) is 111 cm³/mol. The first-order chi connectivity index (χ1) is 13.7.